The van der Waals surface area contributed by atoms with E-state index >= 15 is 0 Å². The lowest BCUT2D eigenvalue weighted by molar-refractivity contribution is -0.129. The molecule has 144 valence electrons. The van der Waals surface area contributed by atoms with Crippen LogP contribution in [0, 0.1) is 0 Å². The molecule has 2 aromatic carbocycles. The van der Waals surface area contributed by atoms with E-state index in [0.717, 1.165) is 9.79 Å². The summed E-state index contributed by atoms with van der Waals surface area (Å²) in [6.07, 6.45) is -0.187. The van der Waals surface area contributed by atoms with E-state index in [0.29, 0.717) is 24.6 Å². The first-order valence-electron chi connectivity index (χ1n) is 8.40. The Morgan fingerprint density at radius 3 is 1.44 bits per heavy atom. The molecule has 8 heteroatoms. The zero-order chi connectivity index (χ0) is 19.5. The Bertz CT molecular complexity index is 673. The van der Waals surface area contributed by atoms with Gasteiger partial charge in [-0.05, 0) is 48.5 Å². The van der Waals surface area contributed by atoms with E-state index in [1.54, 1.807) is 47.8 Å². The first-order chi connectivity index (χ1) is 13.0. The molecule has 0 aliphatic heterocycles. The van der Waals surface area contributed by atoms with Gasteiger partial charge in [-0.15, -0.1) is 23.5 Å². The molecule has 4 N–H and O–H groups in total. The summed E-state index contributed by atoms with van der Waals surface area (Å²) in [5.41, 5.74) is 0. The van der Waals surface area contributed by atoms with E-state index < -0.39 is 0 Å². The van der Waals surface area contributed by atoms with E-state index in [1.165, 1.54) is 0 Å². The van der Waals surface area contributed by atoms with Gasteiger partial charge in [0.25, 0.3) is 0 Å². The summed E-state index contributed by atoms with van der Waals surface area (Å²) in [5, 5.41) is 23.9. The molecule has 0 aromatic heterocycles. The molecule has 0 aliphatic rings. The summed E-state index contributed by atoms with van der Waals surface area (Å²) in [5.74, 6) is 1.21. The van der Waals surface area contributed by atoms with Crippen molar-refractivity contribution in [3.63, 3.8) is 0 Å². The Morgan fingerprint density at radius 1 is 0.704 bits per heavy atom. The Morgan fingerprint density at radius 2 is 1.07 bits per heavy atom. The van der Waals surface area contributed by atoms with Crippen LogP contribution < -0.4 is 10.6 Å². The molecule has 0 spiro atoms. The molecule has 2 rings (SSSR count). The van der Waals surface area contributed by atoms with Crippen LogP contribution in [0.25, 0.3) is 0 Å². The number of phenols is 2. The highest BCUT2D eigenvalue weighted by atomic mass is 32.2. The zero-order valence-corrected chi connectivity index (χ0v) is 16.3. The number of phenolic OH excluding ortho intramolecular Hbond substituents is 2. The minimum atomic E-state index is -0.301. The van der Waals surface area contributed by atoms with Crippen molar-refractivity contribution in [1.29, 1.82) is 0 Å². The second-order valence-corrected chi connectivity index (χ2v) is 7.90. The van der Waals surface area contributed by atoms with Crippen molar-refractivity contribution in [3.05, 3.63) is 48.5 Å². The molecule has 0 radical (unpaired) electrons. The highest BCUT2D eigenvalue weighted by Crippen LogP contribution is 2.20. The van der Waals surface area contributed by atoms with Crippen molar-refractivity contribution < 1.29 is 19.8 Å². The Labute approximate surface area is 166 Å². The Kier molecular flexibility index (Phi) is 8.86. The highest BCUT2D eigenvalue weighted by Gasteiger charge is 2.08. The van der Waals surface area contributed by atoms with Crippen LogP contribution in [-0.4, -0.2) is 46.6 Å². The zero-order valence-electron chi connectivity index (χ0n) is 14.7. The molecule has 2 amide bonds. The van der Waals surface area contributed by atoms with Gasteiger partial charge in [0, 0.05) is 34.4 Å². The van der Waals surface area contributed by atoms with E-state index in [4.69, 9.17) is 0 Å². The van der Waals surface area contributed by atoms with Crippen LogP contribution in [0.5, 0.6) is 11.5 Å². The van der Waals surface area contributed by atoms with Crippen molar-refractivity contribution in [2.24, 2.45) is 0 Å². The van der Waals surface area contributed by atoms with Gasteiger partial charge in [-0.3, -0.25) is 9.59 Å². The van der Waals surface area contributed by atoms with E-state index in [1.807, 2.05) is 24.3 Å². The highest BCUT2D eigenvalue weighted by molar-refractivity contribution is 7.99. The van der Waals surface area contributed by atoms with Crippen molar-refractivity contribution >= 4 is 35.3 Å². The van der Waals surface area contributed by atoms with Gasteiger partial charge in [-0.1, -0.05) is 0 Å². The standard InChI is InChI=1S/C19H22N2O4S2/c22-14-1-5-16(6-2-14)26-11-9-20-18(24)13-19(25)21-10-12-27-17-7-3-15(23)4-8-17/h1-8,22-23H,9-13H2,(H,20,24)(H,21,25). The maximum atomic E-state index is 11.8. The third-order valence-corrected chi connectivity index (χ3v) is 5.41. The van der Waals surface area contributed by atoms with Gasteiger partial charge in [-0.2, -0.15) is 0 Å². The first kappa shape index (κ1) is 21.0. The SMILES string of the molecule is O=C(CC(=O)NCCSc1ccc(O)cc1)NCCSc1ccc(O)cc1. The van der Waals surface area contributed by atoms with Gasteiger partial charge < -0.3 is 20.8 Å². The van der Waals surface area contributed by atoms with Crippen LogP contribution in [0.2, 0.25) is 0 Å². The maximum absolute atomic E-state index is 11.8. The predicted octanol–water partition coefficient (Wildman–Crippen LogP) is 2.60. The van der Waals surface area contributed by atoms with Crippen molar-refractivity contribution in [3.8, 4) is 11.5 Å². The van der Waals surface area contributed by atoms with Gasteiger partial charge in [0.1, 0.15) is 17.9 Å². The van der Waals surface area contributed by atoms with Crippen LogP contribution >= 0.6 is 23.5 Å². The topological polar surface area (TPSA) is 98.7 Å². The number of thioether (sulfide) groups is 2. The predicted molar refractivity (Wildman–Crippen MR) is 108 cm³/mol. The molecular weight excluding hydrogens is 384 g/mol. The van der Waals surface area contributed by atoms with Crippen LogP contribution in [0.15, 0.2) is 58.3 Å². The number of carbonyl (C=O) groups excluding carboxylic acids is 2. The minimum absolute atomic E-state index is 0.187. The summed E-state index contributed by atoms with van der Waals surface area (Å²) >= 11 is 3.12. The van der Waals surface area contributed by atoms with E-state index in [2.05, 4.69) is 10.6 Å². The number of aromatic hydroxyl groups is 2. The number of carbonyl (C=O) groups is 2. The average molecular weight is 407 g/mol. The molecular formula is C19H22N2O4S2. The molecule has 0 unspecified atom stereocenters. The van der Waals surface area contributed by atoms with Crippen LogP contribution in [-0.2, 0) is 9.59 Å². The molecule has 0 saturated heterocycles. The van der Waals surface area contributed by atoms with Crippen molar-refractivity contribution in [2.45, 2.75) is 16.2 Å². The number of rotatable bonds is 10. The third kappa shape index (κ3) is 8.74. The summed E-state index contributed by atoms with van der Waals surface area (Å²) in [7, 11) is 0. The quantitative estimate of drug-likeness (QED) is 0.275. The van der Waals surface area contributed by atoms with Crippen LogP contribution in [0.4, 0.5) is 0 Å². The Balaban J connectivity index is 1.52. The molecule has 6 nitrogen and oxygen atoms in total. The van der Waals surface area contributed by atoms with Gasteiger partial charge >= 0.3 is 0 Å². The molecule has 0 atom stereocenters. The fraction of sp³-hybridized carbons (Fsp3) is 0.263. The first-order valence-corrected chi connectivity index (χ1v) is 10.4. The monoisotopic (exact) mass is 406 g/mol. The summed E-state index contributed by atoms with van der Waals surface area (Å²) < 4.78 is 0. The number of amides is 2. The lowest BCUT2D eigenvalue weighted by atomic mass is 10.3. The average Bonchev–Trinajstić information content (AvgIpc) is 2.65. The molecule has 0 aliphatic carbocycles. The van der Waals surface area contributed by atoms with Gasteiger partial charge in [0.15, 0.2) is 0 Å². The normalized spacial score (nSPS) is 10.4. The number of hydrogen-bond acceptors (Lipinski definition) is 6. The second kappa shape index (κ2) is 11.4. The van der Waals surface area contributed by atoms with Gasteiger partial charge in [0.05, 0.1) is 0 Å². The fourth-order valence-corrected chi connectivity index (χ4v) is 3.61. The molecule has 0 fully saturated rings. The Hall–Kier alpha value is -2.32. The molecule has 27 heavy (non-hydrogen) atoms. The number of benzene rings is 2. The van der Waals surface area contributed by atoms with Crippen LogP contribution in [0.1, 0.15) is 6.42 Å². The summed E-state index contributed by atoms with van der Waals surface area (Å²) in [6, 6.07) is 13.7. The number of hydrogen-bond donors (Lipinski definition) is 4. The third-order valence-electron chi connectivity index (χ3n) is 3.38. The number of nitrogens with one attached hydrogen (secondary N) is 2. The van der Waals surface area contributed by atoms with Crippen molar-refractivity contribution in [1.82, 2.24) is 10.6 Å². The lowest BCUT2D eigenvalue weighted by Gasteiger charge is -2.07. The van der Waals surface area contributed by atoms with Crippen LogP contribution in [0.3, 0.4) is 0 Å². The fourth-order valence-electron chi connectivity index (χ4n) is 2.07. The maximum Gasteiger partial charge on any atom is 0.229 e. The summed E-state index contributed by atoms with van der Waals surface area (Å²) in [4.78, 5) is 25.5. The molecule has 0 bridgehead atoms. The molecule has 2 aromatic rings. The lowest BCUT2D eigenvalue weighted by Crippen LogP contribution is -2.33. The molecule has 0 saturated carbocycles. The van der Waals surface area contributed by atoms with Gasteiger partial charge in [-0.25, -0.2) is 0 Å². The minimum Gasteiger partial charge on any atom is -0.508 e. The second-order valence-electron chi connectivity index (χ2n) is 5.56. The largest absolute Gasteiger partial charge is 0.508 e. The van der Waals surface area contributed by atoms with Gasteiger partial charge in [0.2, 0.25) is 11.8 Å². The van der Waals surface area contributed by atoms with E-state index in [-0.39, 0.29) is 29.7 Å². The molecule has 0 heterocycles. The summed E-state index contributed by atoms with van der Waals surface area (Å²) in [6.45, 7) is 0.933. The smallest absolute Gasteiger partial charge is 0.229 e. The van der Waals surface area contributed by atoms with E-state index in [9.17, 15) is 19.8 Å². The van der Waals surface area contributed by atoms with Crippen molar-refractivity contribution in [2.75, 3.05) is 24.6 Å².